The predicted molar refractivity (Wildman–Crippen MR) is 220 cm³/mol. The number of hydrogen-bond donors (Lipinski definition) is 6. The summed E-state index contributed by atoms with van der Waals surface area (Å²) in [5.41, 5.74) is 8.62. The largest absolute Gasteiger partial charge is 0.488 e. The van der Waals surface area contributed by atoms with Gasteiger partial charge in [-0.3, -0.25) is 4.98 Å². The summed E-state index contributed by atoms with van der Waals surface area (Å²) in [5.74, 6) is -1.94. The van der Waals surface area contributed by atoms with Crippen LogP contribution in [0.5, 0.6) is 0 Å². The van der Waals surface area contributed by atoms with E-state index in [-0.39, 0.29) is 26.2 Å². The SMILES string of the molecule is C.C.O=C(O)c1cc2cc(-c3ccc(-c4ccccc4)cc3)ncc2[nH]1.O=C(O)c1cc2cc(Br)ncc2[nH]1.OB(O)c1ccc(-c2ccccc2)cc1. The fraction of sp³-hybridized carbons (Fsp3) is 0.0476. The van der Waals surface area contributed by atoms with Gasteiger partial charge in [-0.05, 0) is 67.9 Å². The van der Waals surface area contributed by atoms with Crippen molar-refractivity contribution in [3.05, 3.63) is 162 Å². The van der Waals surface area contributed by atoms with E-state index in [4.69, 9.17) is 20.3 Å². The Morgan fingerprint density at radius 3 is 1.41 bits per heavy atom. The van der Waals surface area contributed by atoms with Crippen molar-refractivity contribution in [1.82, 2.24) is 19.9 Å². The van der Waals surface area contributed by atoms with Crippen molar-refractivity contribution in [2.75, 3.05) is 0 Å². The molecule has 0 aliphatic carbocycles. The molecular formula is C42H38BBrN4O6. The van der Waals surface area contributed by atoms with Crippen LogP contribution >= 0.6 is 15.9 Å². The summed E-state index contributed by atoms with van der Waals surface area (Å²) < 4.78 is 0.691. The smallest absolute Gasteiger partial charge is 0.477 e. The maximum Gasteiger partial charge on any atom is 0.488 e. The number of fused-ring (bicyclic) bond motifs is 2. The molecule has 10 nitrogen and oxygen atoms in total. The van der Waals surface area contributed by atoms with Gasteiger partial charge in [0, 0.05) is 16.3 Å². The highest BCUT2D eigenvalue weighted by atomic mass is 79.9. The van der Waals surface area contributed by atoms with Gasteiger partial charge >= 0.3 is 19.1 Å². The number of aromatic amines is 2. The van der Waals surface area contributed by atoms with E-state index in [0.717, 1.165) is 49.8 Å². The van der Waals surface area contributed by atoms with Gasteiger partial charge in [0.1, 0.15) is 16.0 Å². The first-order chi connectivity index (χ1) is 25.1. The molecule has 0 saturated carbocycles. The summed E-state index contributed by atoms with van der Waals surface area (Å²) in [6.45, 7) is 0. The van der Waals surface area contributed by atoms with Crippen LogP contribution in [0.2, 0.25) is 0 Å². The average molecular weight is 786 g/mol. The molecule has 4 aromatic carbocycles. The second-order valence-electron chi connectivity index (χ2n) is 11.5. The summed E-state index contributed by atoms with van der Waals surface area (Å²) in [5, 5.41) is 37.3. The third-order valence-corrected chi connectivity index (χ3v) is 8.48. The molecule has 4 heterocycles. The molecule has 0 radical (unpaired) electrons. The number of nitrogens with zero attached hydrogens (tertiary/aromatic N) is 2. The molecule has 0 saturated heterocycles. The quantitative estimate of drug-likeness (QED) is 0.0717. The van der Waals surface area contributed by atoms with Crippen LogP contribution in [-0.4, -0.2) is 59.3 Å². The number of H-pyrrole nitrogens is 2. The van der Waals surface area contributed by atoms with Crippen LogP contribution in [-0.2, 0) is 0 Å². The van der Waals surface area contributed by atoms with E-state index in [2.05, 4.69) is 60.1 Å². The topological polar surface area (TPSA) is 172 Å². The number of rotatable bonds is 6. The van der Waals surface area contributed by atoms with Crippen molar-refractivity contribution < 1.29 is 29.9 Å². The summed E-state index contributed by atoms with van der Waals surface area (Å²) in [4.78, 5) is 35.6. The zero-order valence-electron chi connectivity index (χ0n) is 27.3. The van der Waals surface area contributed by atoms with E-state index < -0.39 is 19.1 Å². The normalized spacial score (nSPS) is 10.1. The van der Waals surface area contributed by atoms with Crippen LogP contribution < -0.4 is 5.46 Å². The van der Waals surface area contributed by atoms with Crippen LogP contribution in [0.25, 0.3) is 55.3 Å². The van der Waals surface area contributed by atoms with Crippen molar-refractivity contribution in [3.63, 3.8) is 0 Å². The van der Waals surface area contributed by atoms with Gasteiger partial charge < -0.3 is 30.2 Å². The summed E-state index contributed by atoms with van der Waals surface area (Å²) in [6, 6.07) is 42.4. The number of aromatic carboxylic acids is 2. The van der Waals surface area contributed by atoms with Crippen LogP contribution in [0.4, 0.5) is 0 Å². The standard InChI is InChI=1S/C20H14N2O2.C12H11BO2.C8H5BrN2O2.2CH4/c23-20(24)18-11-16-10-17(21-12-19(16)22-18)15-8-6-14(7-9-15)13-4-2-1-3-5-13;14-13(15)12-8-6-11(7-9-12)10-4-2-1-3-5-10;9-7-2-4-1-5(8(12)13)11-6(4)3-10-7;;/h1-12,22H,(H,23,24);1-9,14-15H;1-3,11H,(H,12,13);2*1H4. The first-order valence-electron chi connectivity index (χ1n) is 15.9. The van der Waals surface area contributed by atoms with E-state index in [1.165, 1.54) is 5.56 Å². The van der Waals surface area contributed by atoms with Crippen LogP contribution in [0, 0.1) is 0 Å². The van der Waals surface area contributed by atoms with E-state index in [0.29, 0.717) is 10.1 Å². The molecule has 0 fully saturated rings. The maximum atomic E-state index is 11.0. The lowest BCUT2D eigenvalue weighted by Gasteiger charge is -2.04. The van der Waals surface area contributed by atoms with Crippen molar-refractivity contribution in [2.45, 2.75) is 14.9 Å². The number of aromatic nitrogens is 4. The molecule has 0 amide bonds. The Morgan fingerprint density at radius 2 is 0.944 bits per heavy atom. The van der Waals surface area contributed by atoms with Gasteiger partial charge in [-0.15, -0.1) is 0 Å². The van der Waals surface area contributed by atoms with Crippen LogP contribution in [0.3, 0.4) is 0 Å². The molecule has 8 aromatic rings. The van der Waals surface area contributed by atoms with Gasteiger partial charge in [-0.1, -0.05) is 124 Å². The van der Waals surface area contributed by atoms with E-state index in [1.54, 1.807) is 42.7 Å². The number of carboxylic acids is 2. The summed E-state index contributed by atoms with van der Waals surface area (Å²) >= 11 is 3.21. The molecule has 0 spiro atoms. The van der Waals surface area contributed by atoms with Crippen molar-refractivity contribution in [1.29, 1.82) is 0 Å². The van der Waals surface area contributed by atoms with Gasteiger partial charge in [0.25, 0.3) is 0 Å². The molecule has 0 bridgehead atoms. The van der Waals surface area contributed by atoms with Gasteiger partial charge in [0.2, 0.25) is 0 Å². The number of halogens is 1. The molecule has 0 aliphatic rings. The van der Waals surface area contributed by atoms with Crippen molar-refractivity contribution >= 4 is 62.3 Å². The van der Waals surface area contributed by atoms with E-state index in [1.807, 2.05) is 78.9 Å². The third kappa shape index (κ3) is 9.95. The Kier molecular flexibility index (Phi) is 13.8. The zero-order valence-corrected chi connectivity index (χ0v) is 28.9. The van der Waals surface area contributed by atoms with Crippen molar-refractivity contribution in [2.24, 2.45) is 0 Å². The Bertz CT molecular complexity index is 2450. The van der Waals surface area contributed by atoms with E-state index >= 15 is 0 Å². The van der Waals surface area contributed by atoms with Gasteiger partial charge in [-0.2, -0.15) is 0 Å². The molecule has 0 unspecified atom stereocenters. The highest BCUT2D eigenvalue weighted by Crippen LogP contribution is 2.26. The number of carbonyl (C=O) groups is 2. The highest BCUT2D eigenvalue weighted by molar-refractivity contribution is 9.10. The second kappa shape index (κ2) is 18.4. The fourth-order valence-corrected chi connectivity index (χ4v) is 5.72. The molecular weight excluding hydrogens is 747 g/mol. The molecule has 0 aliphatic heterocycles. The third-order valence-electron chi connectivity index (χ3n) is 8.04. The Morgan fingerprint density at radius 1 is 0.537 bits per heavy atom. The molecule has 8 rings (SSSR count). The molecule has 6 N–H and O–H groups in total. The summed E-state index contributed by atoms with van der Waals surface area (Å²) in [6.07, 6.45) is 3.26. The molecule has 272 valence electrons. The average Bonchev–Trinajstić information content (AvgIpc) is 3.81. The lowest BCUT2D eigenvalue weighted by atomic mass is 9.80. The van der Waals surface area contributed by atoms with Crippen LogP contribution in [0.1, 0.15) is 35.8 Å². The summed E-state index contributed by atoms with van der Waals surface area (Å²) in [7, 11) is -1.39. The Labute approximate surface area is 321 Å². The molecule has 4 aromatic heterocycles. The molecule has 54 heavy (non-hydrogen) atoms. The Hall–Kier alpha value is -6.34. The lowest BCUT2D eigenvalue weighted by Crippen LogP contribution is -2.29. The van der Waals surface area contributed by atoms with Crippen molar-refractivity contribution in [3.8, 4) is 33.5 Å². The number of hydrogen-bond acceptors (Lipinski definition) is 6. The second-order valence-corrected chi connectivity index (χ2v) is 12.3. The maximum absolute atomic E-state index is 11.0. The molecule has 12 heteroatoms. The highest BCUT2D eigenvalue weighted by Gasteiger charge is 2.11. The minimum atomic E-state index is -1.39. The van der Waals surface area contributed by atoms with Gasteiger partial charge in [-0.25, -0.2) is 14.6 Å². The first kappa shape index (κ1) is 40.4. The number of benzene rings is 4. The minimum absolute atomic E-state index is 0. The Balaban J connectivity index is 0.000000188. The minimum Gasteiger partial charge on any atom is -0.477 e. The van der Waals surface area contributed by atoms with Gasteiger partial charge in [0.15, 0.2) is 0 Å². The number of nitrogens with one attached hydrogen (secondary N) is 2. The number of pyridine rings is 2. The van der Waals surface area contributed by atoms with Crippen LogP contribution in [0.15, 0.2) is 150 Å². The predicted octanol–water partition coefficient (Wildman–Crippen LogP) is 8.92. The van der Waals surface area contributed by atoms with Gasteiger partial charge in [0.05, 0.1) is 29.1 Å². The molecule has 0 atom stereocenters. The fourth-order valence-electron chi connectivity index (χ4n) is 5.37. The first-order valence-corrected chi connectivity index (χ1v) is 16.7. The number of carboxylic acid groups (broad SMARTS) is 2. The monoisotopic (exact) mass is 784 g/mol. The van der Waals surface area contributed by atoms with E-state index in [9.17, 15) is 9.59 Å². The zero-order chi connectivity index (χ0) is 36.6. The lowest BCUT2D eigenvalue weighted by molar-refractivity contribution is 0.0681.